The van der Waals surface area contributed by atoms with E-state index < -0.39 is 0 Å². The van der Waals surface area contributed by atoms with Crippen molar-refractivity contribution in [2.24, 2.45) is 0 Å². The van der Waals surface area contributed by atoms with E-state index in [0.29, 0.717) is 11.4 Å². The highest BCUT2D eigenvalue weighted by molar-refractivity contribution is 5.86. The Kier molecular flexibility index (Phi) is 5.17. The van der Waals surface area contributed by atoms with Crippen LogP contribution >= 0.6 is 0 Å². The molecule has 3 aromatic carbocycles. The molecule has 4 rings (SSSR count). The number of nitriles is 1. The number of aromatic hydroxyl groups is 1. The van der Waals surface area contributed by atoms with E-state index in [-0.39, 0.29) is 23.1 Å². The summed E-state index contributed by atoms with van der Waals surface area (Å²) in [4.78, 5) is 4.52. The Morgan fingerprint density at radius 3 is 2.17 bits per heavy atom. The van der Waals surface area contributed by atoms with Gasteiger partial charge >= 0.3 is 0 Å². The van der Waals surface area contributed by atoms with Crippen LogP contribution in [-0.2, 0) is 0 Å². The molecular weight excluding hydrogens is 362 g/mol. The van der Waals surface area contributed by atoms with Crippen molar-refractivity contribution in [3.05, 3.63) is 113 Å². The van der Waals surface area contributed by atoms with E-state index in [1.54, 1.807) is 30.3 Å². The normalized spacial score (nSPS) is 11.4. The Bertz CT molecular complexity index is 1140. The number of allylic oxidation sites excluding steroid dienone is 1. The first-order valence-electron chi connectivity index (χ1n) is 9.09. The third-order valence-corrected chi connectivity index (χ3v) is 4.50. The Labute approximate surface area is 168 Å². The molecule has 0 fully saturated rings. The molecule has 5 nitrogen and oxygen atoms in total. The minimum Gasteiger partial charge on any atom is -0.508 e. The standard InChI is InChI=1S/C24H17N3O2/c25-16-20(14-17-8-7-13-21(28)15-17)24-26-23(27-29-24)22(18-9-3-1-4-10-18)19-11-5-2-6-12-19/h1-15,22,28H/b20-14+. The first-order chi connectivity index (χ1) is 14.2. The Balaban J connectivity index is 1.75. The average Bonchev–Trinajstić information content (AvgIpc) is 3.23. The Hall–Kier alpha value is -4.17. The summed E-state index contributed by atoms with van der Waals surface area (Å²) in [6, 6.07) is 28.6. The second-order valence-electron chi connectivity index (χ2n) is 6.48. The molecule has 0 aliphatic rings. The van der Waals surface area contributed by atoms with Crippen LogP contribution in [0.5, 0.6) is 5.75 Å². The van der Waals surface area contributed by atoms with Gasteiger partial charge in [-0.05, 0) is 34.9 Å². The third kappa shape index (κ3) is 4.07. The van der Waals surface area contributed by atoms with Crippen molar-refractivity contribution < 1.29 is 9.63 Å². The lowest BCUT2D eigenvalue weighted by atomic mass is 9.91. The number of hydrogen-bond acceptors (Lipinski definition) is 5. The van der Waals surface area contributed by atoms with Crippen molar-refractivity contribution in [3.63, 3.8) is 0 Å². The highest BCUT2D eigenvalue weighted by Gasteiger charge is 2.23. The van der Waals surface area contributed by atoms with E-state index in [1.165, 1.54) is 0 Å². The van der Waals surface area contributed by atoms with Crippen LogP contribution in [0.1, 0.15) is 34.3 Å². The van der Waals surface area contributed by atoms with E-state index in [0.717, 1.165) is 11.1 Å². The molecule has 0 amide bonds. The molecule has 4 aromatic rings. The van der Waals surface area contributed by atoms with Crippen LogP contribution in [0.25, 0.3) is 11.6 Å². The van der Waals surface area contributed by atoms with Crippen LogP contribution < -0.4 is 0 Å². The fourth-order valence-corrected chi connectivity index (χ4v) is 3.17. The number of phenolic OH excluding ortho intramolecular Hbond substituents is 1. The molecule has 0 aliphatic heterocycles. The van der Waals surface area contributed by atoms with Crippen molar-refractivity contribution in [1.29, 1.82) is 5.26 Å². The molecule has 5 heteroatoms. The van der Waals surface area contributed by atoms with Gasteiger partial charge in [-0.25, -0.2) is 0 Å². The van der Waals surface area contributed by atoms with Crippen LogP contribution in [0.4, 0.5) is 0 Å². The Morgan fingerprint density at radius 2 is 1.59 bits per heavy atom. The third-order valence-electron chi connectivity index (χ3n) is 4.50. The van der Waals surface area contributed by atoms with Crippen molar-refractivity contribution in [3.8, 4) is 11.8 Å². The second kappa shape index (κ2) is 8.24. The maximum atomic E-state index is 9.63. The molecule has 0 bridgehead atoms. The molecule has 0 radical (unpaired) electrons. The van der Waals surface area contributed by atoms with E-state index in [9.17, 15) is 10.4 Å². The summed E-state index contributed by atoms with van der Waals surface area (Å²) in [5.74, 6) is 0.531. The zero-order valence-corrected chi connectivity index (χ0v) is 15.4. The fourth-order valence-electron chi connectivity index (χ4n) is 3.17. The lowest BCUT2D eigenvalue weighted by Gasteiger charge is -2.14. The minimum absolute atomic E-state index is 0.121. The van der Waals surface area contributed by atoms with Gasteiger partial charge in [0, 0.05) is 0 Å². The van der Waals surface area contributed by atoms with Gasteiger partial charge in [-0.2, -0.15) is 10.2 Å². The summed E-state index contributed by atoms with van der Waals surface area (Å²) in [5.41, 5.74) is 2.96. The van der Waals surface area contributed by atoms with Gasteiger partial charge in [-0.15, -0.1) is 0 Å². The van der Waals surface area contributed by atoms with Crippen molar-refractivity contribution in [2.75, 3.05) is 0 Å². The molecule has 1 N–H and O–H groups in total. The van der Waals surface area contributed by atoms with Crippen LogP contribution in [0, 0.1) is 11.3 Å². The number of rotatable bonds is 5. The highest BCUT2D eigenvalue weighted by atomic mass is 16.5. The summed E-state index contributed by atoms with van der Waals surface area (Å²) < 4.78 is 5.43. The molecule has 0 aliphatic carbocycles. The maximum absolute atomic E-state index is 9.63. The van der Waals surface area contributed by atoms with Gasteiger partial charge in [0.15, 0.2) is 5.82 Å². The SMILES string of the molecule is N#C/C(=C\c1cccc(O)c1)c1nc(C(c2ccccc2)c2ccccc2)no1. The van der Waals surface area contributed by atoms with Crippen LogP contribution in [-0.4, -0.2) is 15.2 Å². The molecule has 29 heavy (non-hydrogen) atoms. The molecule has 0 spiro atoms. The van der Waals surface area contributed by atoms with E-state index in [4.69, 9.17) is 4.52 Å². The Morgan fingerprint density at radius 1 is 0.931 bits per heavy atom. The highest BCUT2D eigenvalue weighted by Crippen LogP contribution is 2.31. The monoisotopic (exact) mass is 379 g/mol. The van der Waals surface area contributed by atoms with Crippen LogP contribution in [0.3, 0.4) is 0 Å². The molecule has 1 heterocycles. The molecule has 0 unspecified atom stereocenters. The van der Waals surface area contributed by atoms with Crippen molar-refractivity contribution >= 4 is 11.6 Å². The van der Waals surface area contributed by atoms with Gasteiger partial charge < -0.3 is 9.63 Å². The topological polar surface area (TPSA) is 82.9 Å². The molecule has 0 saturated heterocycles. The van der Waals surface area contributed by atoms with Crippen molar-refractivity contribution in [2.45, 2.75) is 5.92 Å². The molecule has 1 aromatic heterocycles. The number of nitrogens with zero attached hydrogens (tertiary/aromatic N) is 3. The number of benzene rings is 3. The molecule has 0 atom stereocenters. The first-order valence-corrected chi connectivity index (χ1v) is 9.09. The summed E-state index contributed by atoms with van der Waals surface area (Å²) in [5, 5.41) is 23.4. The number of aromatic nitrogens is 2. The second-order valence-corrected chi connectivity index (χ2v) is 6.48. The quantitative estimate of drug-likeness (QED) is 0.492. The average molecular weight is 379 g/mol. The van der Waals surface area contributed by atoms with E-state index in [1.807, 2.05) is 60.7 Å². The summed E-state index contributed by atoms with van der Waals surface area (Å²) in [6.07, 6.45) is 1.61. The van der Waals surface area contributed by atoms with Crippen LogP contribution in [0.2, 0.25) is 0 Å². The van der Waals surface area contributed by atoms with Gasteiger partial charge in [-0.1, -0.05) is 78.0 Å². The zero-order chi connectivity index (χ0) is 20.1. The molecule has 140 valence electrons. The van der Waals surface area contributed by atoms with E-state index in [2.05, 4.69) is 16.2 Å². The van der Waals surface area contributed by atoms with E-state index >= 15 is 0 Å². The smallest absolute Gasteiger partial charge is 0.268 e. The van der Waals surface area contributed by atoms with Gasteiger partial charge in [0.1, 0.15) is 17.4 Å². The fraction of sp³-hybridized carbons (Fsp3) is 0.0417. The summed E-state index contributed by atoms with van der Waals surface area (Å²) in [7, 11) is 0. The van der Waals surface area contributed by atoms with Gasteiger partial charge in [0.25, 0.3) is 5.89 Å². The minimum atomic E-state index is -0.212. The predicted octanol–water partition coefficient (Wildman–Crippen LogP) is 5.02. The van der Waals surface area contributed by atoms with Gasteiger partial charge in [0.2, 0.25) is 0 Å². The predicted molar refractivity (Wildman–Crippen MR) is 110 cm³/mol. The van der Waals surface area contributed by atoms with Crippen molar-refractivity contribution in [1.82, 2.24) is 10.1 Å². The lowest BCUT2D eigenvalue weighted by molar-refractivity contribution is 0.401. The molecule has 0 saturated carbocycles. The zero-order valence-electron chi connectivity index (χ0n) is 15.4. The largest absolute Gasteiger partial charge is 0.508 e. The van der Waals surface area contributed by atoms with Gasteiger partial charge in [-0.3, -0.25) is 0 Å². The lowest BCUT2D eigenvalue weighted by Crippen LogP contribution is -2.05. The molecular formula is C24H17N3O2. The first kappa shape index (κ1) is 18.2. The number of phenols is 1. The number of hydrogen-bond donors (Lipinski definition) is 1. The maximum Gasteiger partial charge on any atom is 0.268 e. The summed E-state index contributed by atoms with van der Waals surface area (Å²) in [6.45, 7) is 0. The van der Waals surface area contributed by atoms with Crippen LogP contribution in [0.15, 0.2) is 89.5 Å². The van der Waals surface area contributed by atoms with Gasteiger partial charge in [0.05, 0.1) is 5.92 Å². The summed E-state index contributed by atoms with van der Waals surface area (Å²) >= 11 is 0.